The van der Waals surface area contributed by atoms with Crippen LogP contribution in [0, 0.1) is 6.92 Å². The molecule has 3 aromatic carbocycles. The Hall–Kier alpha value is -2.98. The van der Waals surface area contributed by atoms with Gasteiger partial charge in [0.05, 0.1) is 20.3 Å². The van der Waals surface area contributed by atoms with Crippen LogP contribution < -0.4 is 9.47 Å². The molecule has 5 heteroatoms. The largest absolute Gasteiger partial charge is 0.493 e. The molecule has 4 rings (SSSR count). The van der Waals surface area contributed by atoms with Crippen molar-refractivity contribution in [1.29, 1.82) is 0 Å². The molecule has 1 amide bonds. The number of methoxy groups -OCH3 is 2. The summed E-state index contributed by atoms with van der Waals surface area (Å²) in [5, 5.41) is 0.632. The summed E-state index contributed by atoms with van der Waals surface area (Å²) < 4.78 is 11.0. The van der Waals surface area contributed by atoms with Gasteiger partial charge in [-0.25, -0.2) is 0 Å². The Morgan fingerprint density at radius 1 is 0.967 bits per heavy atom. The molecule has 1 aliphatic rings. The molecule has 1 atom stereocenters. The van der Waals surface area contributed by atoms with E-state index in [0.29, 0.717) is 28.6 Å². The van der Waals surface area contributed by atoms with Crippen LogP contribution in [0.4, 0.5) is 0 Å². The molecule has 0 bridgehead atoms. The summed E-state index contributed by atoms with van der Waals surface area (Å²) >= 11 is 6.61. The molecule has 0 N–H and O–H groups in total. The Labute approximate surface area is 182 Å². The number of ether oxygens (including phenoxy) is 2. The summed E-state index contributed by atoms with van der Waals surface area (Å²) in [6.45, 7) is 2.55. The van der Waals surface area contributed by atoms with Gasteiger partial charge in [-0.3, -0.25) is 4.79 Å². The van der Waals surface area contributed by atoms with E-state index in [-0.39, 0.29) is 11.9 Å². The summed E-state index contributed by atoms with van der Waals surface area (Å²) in [5.41, 5.74) is 4.70. The first-order valence-corrected chi connectivity index (χ1v) is 10.3. The SMILES string of the molecule is COc1cc2c(cc1OC)[C@H](c1ccccc1Cl)N(C(=O)c1ccccc1C)CC2. The van der Waals surface area contributed by atoms with Crippen LogP contribution in [-0.2, 0) is 6.42 Å². The van der Waals surface area contributed by atoms with Crippen LogP contribution in [0.1, 0.15) is 38.7 Å². The van der Waals surface area contributed by atoms with Gasteiger partial charge in [0.15, 0.2) is 11.5 Å². The summed E-state index contributed by atoms with van der Waals surface area (Å²) in [7, 11) is 3.25. The van der Waals surface area contributed by atoms with E-state index >= 15 is 0 Å². The third kappa shape index (κ3) is 3.52. The third-order valence-corrected chi connectivity index (χ3v) is 6.05. The molecule has 0 aromatic heterocycles. The maximum Gasteiger partial charge on any atom is 0.254 e. The molecule has 0 saturated carbocycles. The van der Waals surface area contributed by atoms with E-state index in [9.17, 15) is 4.79 Å². The zero-order valence-corrected chi connectivity index (χ0v) is 18.1. The fraction of sp³-hybridized carbons (Fsp3) is 0.240. The maximum absolute atomic E-state index is 13.6. The van der Waals surface area contributed by atoms with Crippen molar-refractivity contribution >= 4 is 17.5 Å². The molecule has 0 saturated heterocycles. The highest BCUT2D eigenvalue weighted by Gasteiger charge is 2.35. The maximum atomic E-state index is 13.6. The van der Waals surface area contributed by atoms with Gasteiger partial charge in [0, 0.05) is 17.1 Å². The Balaban J connectivity index is 1.89. The number of nitrogens with zero attached hydrogens (tertiary/aromatic N) is 1. The Kier molecular flexibility index (Phi) is 5.69. The molecule has 0 fully saturated rings. The first-order valence-electron chi connectivity index (χ1n) is 9.91. The summed E-state index contributed by atoms with van der Waals surface area (Å²) in [5.74, 6) is 1.32. The van der Waals surface area contributed by atoms with Gasteiger partial charge in [0.25, 0.3) is 5.91 Å². The summed E-state index contributed by atoms with van der Waals surface area (Å²) in [6.07, 6.45) is 0.730. The minimum atomic E-state index is -0.311. The van der Waals surface area contributed by atoms with Crippen molar-refractivity contribution in [2.24, 2.45) is 0 Å². The van der Waals surface area contributed by atoms with Crippen LogP contribution in [0.25, 0.3) is 0 Å². The van der Waals surface area contributed by atoms with Crippen LogP contribution in [0.15, 0.2) is 60.7 Å². The average Bonchev–Trinajstić information content (AvgIpc) is 2.77. The highest BCUT2D eigenvalue weighted by atomic mass is 35.5. The van der Waals surface area contributed by atoms with Gasteiger partial charge in [0.2, 0.25) is 0 Å². The van der Waals surface area contributed by atoms with Gasteiger partial charge in [-0.05, 0) is 59.9 Å². The topological polar surface area (TPSA) is 38.8 Å². The fourth-order valence-corrected chi connectivity index (χ4v) is 4.40. The van der Waals surface area contributed by atoms with E-state index in [1.54, 1.807) is 14.2 Å². The number of halogens is 1. The van der Waals surface area contributed by atoms with Crippen molar-refractivity contribution in [2.75, 3.05) is 20.8 Å². The molecule has 30 heavy (non-hydrogen) atoms. The number of hydrogen-bond donors (Lipinski definition) is 0. The number of benzene rings is 3. The lowest BCUT2D eigenvalue weighted by Gasteiger charge is -2.38. The van der Waals surface area contributed by atoms with Gasteiger partial charge >= 0.3 is 0 Å². The molecule has 0 radical (unpaired) electrons. The minimum Gasteiger partial charge on any atom is -0.493 e. The molecule has 1 heterocycles. The van der Waals surface area contributed by atoms with Crippen molar-refractivity contribution in [3.05, 3.63) is 93.5 Å². The lowest BCUT2D eigenvalue weighted by atomic mass is 9.87. The molecule has 154 valence electrons. The molecule has 0 spiro atoms. The first-order chi connectivity index (χ1) is 14.5. The first kappa shape index (κ1) is 20.3. The van der Waals surface area contributed by atoms with Gasteiger partial charge in [-0.2, -0.15) is 0 Å². The van der Waals surface area contributed by atoms with E-state index in [1.165, 1.54) is 0 Å². The third-order valence-electron chi connectivity index (χ3n) is 5.71. The molecule has 0 unspecified atom stereocenters. The fourth-order valence-electron chi connectivity index (χ4n) is 4.16. The molecule has 3 aromatic rings. The second-order valence-electron chi connectivity index (χ2n) is 7.39. The van der Waals surface area contributed by atoms with Crippen LogP contribution in [0.2, 0.25) is 5.02 Å². The van der Waals surface area contributed by atoms with E-state index in [0.717, 1.165) is 28.7 Å². The number of fused-ring (bicyclic) bond motifs is 1. The molecule has 0 aliphatic carbocycles. The van der Waals surface area contributed by atoms with E-state index < -0.39 is 0 Å². The van der Waals surface area contributed by atoms with Gasteiger partial charge < -0.3 is 14.4 Å². The lowest BCUT2D eigenvalue weighted by Crippen LogP contribution is -2.41. The zero-order chi connectivity index (χ0) is 21.3. The number of aryl methyl sites for hydroxylation is 1. The van der Waals surface area contributed by atoms with Crippen molar-refractivity contribution < 1.29 is 14.3 Å². The highest BCUT2D eigenvalue weighted by molar-refractivity contribution is 6.31. The van der Waals surface area contributed by atoms with Crippen molar-refractivity contribution in [3.8, 4) is 11.5 Å². The predicted octanol–water partition coefficient (Wildman–Crippen LogP) is 5.45. The number of carbonyl (C=O) groups is 1. The Bertz CT molecular complexity index is 1100. The van der Waals surface area contributed by atoms with Crippen LogP contribution >= 0.6 is 11.6 Å². The Morgan fingerprint density at radius 3 is 2.33 bits per heavy atom. The Morgan fingerprint density at radius 2 is 1.63 bits per heavy atom. The smallest absolute Gasteiger partial charge is 0.254 e. The van der Waals surface area contributed by atoms with Crippen molar-refractivity contribution in [2.45, 2.75) is 19.4 Å². The molecular formula is C25H24ClNO3. The minimum absolute atomic E-state index is 0.00143. The molecule has 4 nitrogen and oxygen atoms in total. The average molecular weight is 422 g/mol. The number of amides is 1. The van der Waals surface area contributed by atoms with E-state index in [4.69, 9.17) is 21.1 Å². The van der Waals surface area contributed by atoms with Gasteiger partial charge in [0.1, 0.15) is 0 Å². The van der Waals surface area contributed by atoms with Crippen molar-refractivity contribution in [1.82, 2.24) is 4.90 Å². The predicted molar refractivity (Wildman–Crippen MR) is 119 cm³/mol. The lowest BCUT2D eigenvalue weighted by molar-refractivity contribution is 0.0693. The monoisotopic (exact) mass is 421 g/mol. The highest BCUT2D eigenvalue weighted by Crippen LogP contribution is 2.43. The van der Waals surface area contributed by atoms with Crippen molar-refractivity contribution in [3.63, 3.8) is 0 Å². The number of rotatable bonds is 4. The molecule has 1 aliphatic heterocycles. The second-order valence-corrected chi connectivity index (χ2v) is 7.80. The van der Waals surface area contributed by atoms with E-state index in [1.807, 2.05) is 72.5 Å². The quantitative estimate of drug-likeness (QED) is 0.562. The standard InChI is InChI=1S/C25H24ClNO3/c1-16-8-4-5-9-18(16)25(28)27-13-12-17-14-22(29-2)23(30-3)15-20(17)24(27)19-10-6-7-11-21(19)26/h4-11,14-15,24H,12-13H2,1-3H3/t24-/m0/s1. The summed E-state index contributed by atoms with van der Waals surface area (Å²) in [6, 6.07) is 19.1. The van der Waals surface area contributed by atoms with Crippen LogP contribution in [0.3, 0.4) is 0 Å². The van der Waals surface area contributed by atoms with Crippen LogP contribution in [-0.4, -0.2) is 31.6 Å². The van der Waals surface area contributed by atoms with Crippen LogP contribution in [0.5, 0.6) is 11.5 Å². The zero-order valence-electron chi connectivity index (χ0n) is 17.3. The van der Waals surface area contributed by atoms with Gasteiger partial charge in [-0.15, -0.1) is 0 Å². The van der Waals surface area contributed by atoms with Gasteiger partial charge in [-0.1, -0.05) is 48.0 Å². The van der Waals surface area contributed by atoms with E-state index in [2.05, 4.69) is 0 Å². The normalized spacial score (nSPS) is 15.5. The second kappa shape index (κ2) is 8.41. The summed E-state index contributed by atoms with van der Waals surface area (Å²) in [4.78, 5) is 15.5. The number of carbonyl (C=O) groups excluding carboxylic acids is 1. The number of hydrogen-bond acceptors (Lipinski definition) is 3. The molecular weight excluding hydrogens is 398 g/mol.